The Hall–Kier alpha value is -1.89. The first kappa shape index (κ1) is 18.4. The third-order valence-electron chi connectivity index (χ3n) is 3.81. The van der Waals surface area contributed by atoms with Gasteiger partial charge in [-0.25, -0.2) is 13.1 Å². The van der Waals surface area contributed by atoms with Crippen LogP contribution in [0, 0.1) is 6.92 Å². The molecule has 2 aromatic carbocycles. The van der Waals surface area contributed by atoms with E-state index in [1.165, 1.54) is 7.11 Å². The largest absolute Gasteiger partial charge is 0.495 e. The van der Waals surface area contributed by atoms with Crippen molar-refractivity contribution < 1.29 is 18.3 Å². The van der Waals surface area contributed by atoms with Crippen LogP contribution >= 0.6 is 0 Å². The summed E-state index contributed by atoms with van der Waals surface area (Å²) in [5, 5.41) is 10.3. The number of ether oxygens (including phenoxy) is 1. The number of hydrogen-bond donors (Lipinski definition) is 2. The maximum absolute atomic E-state index is 12.6. The molecule has 0 aliphatic rings. The minimum absolute atomic E-state index is 0.0729. The monoisotopic (exact) mass is 349 g/mol. The van der Waals surface area contributed by atoms with Gasteiger partial charge in [0.15, 0.2) is 0 Å². The summed E-state index contributed by atoms with van der Waals surface area (Å²) in [6.45, 7) is 3.46. The molecule has 2 atom stereocenters. The van der Waals surface area contributed by atoms with Crippen molar-refractivity contribution in [3.8, 4) is 5.75 Å². The Morgan fingerprint density at radius 2 is 1.83 bits per heavy atom. The molecule has 6 heteroatoms. The molecule has 0 saturated heterocycles. The van der Waals surface area contributed by atoms with Crippen molar-refractivity contribution in [1.29, 1.82) is 0 Å². The molecule has 0 aromatic heterocycles. The Morgan fingerprint density at radius 3 is 2.46 bits per heavy atom. The number of aryl methyl sites for hydroxylation is 1. The van der Waals surface area contributed by atoms with Gasteiger partial charge in [0.2, 0.25) is 10.0 Å². The summed E-state index contributed by atoms with van der Waals surface area (Å²) >= 11 is 0. The molecule has 0 aliphatic heterocycles. The highest BCUT2D eigenvalue weighted by atomic mass is 32.2. The van der Waals surface area contributed by atoms with Crippen LogP contribution in [-0.2, 0) is 16.4 Å². The molecule has 24 heavy (non-hydrogen) atoms. The Kier molecular flexibility index (Phi) is 5.99. The molecule has 2 aromatic rings. The van der Waals surface area contributed by atoms with Gasteiger partial charge in [0, 0.05) is 6.04 Å². The molecule has 0 bridgehead atoms. The van der Waals surface area contributed by atoms with E-state index in [0.29, 0.717) is 6.42 Å². The van der Waals surface area contributed by atoms with E-state index in [2.05, 4.69) is 4.72 Å². The first-order valence-corrected chi connectivity index (χ1v) is 9.21. The van der Waals surface area contributed by atoms with Crippen LogP contribution in [0.2, 0.25) is 0 Å². The normalized spacial score (nSPS) is 14.2. The topological polar surface area (TPSA) is 75.6 Å². The van der Waals surface area contributed by atoms with Crippen molar-refractivity contribution in [2.24, 2.45) is 0 Å². The fourth-order valence-electron chi connectivity index (χ4n) is 2.41. The molecule has 0 saturated carbocycles. The highest BCUT2D eigenvalue weighted by molar-refractivity contribution is 7.89. The van der Waals surface area contributed by atoms with Crippen LogP contribution in [0.15, 0.2) is 53.4 Å². The summed E-state index contributed by atoms with van der Waals surface area (Å²) in [5.74, 6) is 0.276. The van der Waals surface area contributed by atoms with Crippen LogP contribution in [0.1, 0.15) is 18.1 Å². The van der Waals surface area contributed by atoms with Crippen molar-refractivity contribution in [2.45, 2.75) is 37.3 Å². The van der Waals surface area contributed by atoms with Crippen molar-refractivity contribution in [1.82, 2.24) is 4.72 Å². The number of benzene rings is 2. The minimum atomic E-state index is -3.80. The van der Waals surface area contributed by atoms with Crippen molar-refractivity contribution in [3.63, 3.8) is 0 Å². The molecule has 0 unspecified atom stereocenters. The van der Waals surface area contributed by atoms with E-state index in [1.54, 1.807) is 25.1 Å². The zero-order chi connectivity index (χ0) is 17.7. The Balaban J connectivity index is 2.15. The average Bonchev–Trinajstić information content (AvgIpc) is 2.55. The molecular weight excluding hydrogens is 326 g/mol. The Labute approximate surface area is 143 Å². The lowest BCUT2D eigenvalue weighted by molar-refractivity contribution is 0.144. The van der Waals surface area contributed by atoms with Crippen LogP contribution in [0.5, 0.6) is 5.75 Å². The molecule has 2 N–H and O–H groups in total. The van der Waals surface area contributed by atoms with Gasteiger partial charge in [0.25, 0.3) is 0 Å². The number of methoxy groups -OCH3 is 1. The number of nitrogens with one attached hydrogen (secondary N) is 1. The highest BCUT2D eigenvalue weighted by Crippen LogP contribution is 2.25. The molecule has 0 radical (unpaired) electrons. The van der Waals surface area contributed by atoms with E-state index in [9.17, 15) is 13.5 Å². The SMILES string of the molecule is COc1ccc(C)cc1S(=O)(=O)N[C@H](C)[C@@H](O)Cc1ccccc1. The van der Waals surface area contributed by atoms with Crippen molar-refractivity contribution in [3.05, 3.63) is 59.7 Å². The molecule has 0 spiro atoms. The maximum Gasteiger partial charge on any atom is 0.244 e. The molecule has 0 aliphatic carbocycles. The van der Waals surface area contributed by atoms with Crippen molar-refractivity contribution in [2.75, 3.05) is 7.11 Å². The molecule has 0 fully saturated rings. The molecule has 2 rings (SSSR count). The van der Waals surface area contributed by atoms with Crippen LogP contribution in [-0.4, -0.2) is 32.8 Å². The lowest BCUT2D eigenvalue weighted by Gasteiger charge is -2.21. The molecule has 0 amide bonds. The first-order valence-electron chi connectivity index (χ1n) is 7.72. The molecule has 0 heterocycles. The quantitative estimate of drug-likeness (QED) is 0.804. The van der Waals surface area contributed by atoms with Gasteiger partial charge in [0.1, 0.15) is 10.6 Å². The van der Waals surface area contributed by atoms with Gasteiger partial charge in [-0.1, -0.05) is 36.4 Å². The number of aliphatic hydroxyl groups is 1. The number of rotatable bonds is 7. The predicted octanol–water partition coefficient (Wildman–Crippen LogP) is 2.27. The number of aliphatic hydroxyl groups excluding tert-OH is 1. The Bertz CT molecular complexity index is 775. The van der Waals surface area contributed by atoms with Gasteiger partial charge in [0.05, 0.1) is 13.2 Å². The third-order valence-corrected chi connectivity index (χ3v) is 5.39. The number of hydrogen-bond acceptors (Lipinski definition) is 4. The molecular formula is C18H23NO4S. The summed E-state index contributed by atoms with van der Waals surface area (Å²) in [7, 11) is -2.37. The number of sulfonamides is 1. The average molecular weight is 349 g/mol. The first-order chi connectivity index (χ1) is 11.3. The van der Waals surface area contributed by atoms with E-state index in [-0.39, 0.29) is 10.6 Å². The van der Waals surface area contributed by atoms with Crippen LogP contribution < -0.4 is 9.46 Å². The van der Waals surface area contributed by atoms with Gasteiger partial charge in [-0.05, 0) is 43.5 Å². The summed E-state index contributed by atoms with van der Waals surface area (Å²) in [6, 6.07) is 13.8. The minimum Gasteiger partial charge on any atom is -0.495 e. The van der Waals surface area contributed by atoms with E-state index in [1.807, 2.05) is 37.3 Å². The van der Waals surface area contributed by atoms with E-state index < -0.39 is 22.2 Å². The van der Waals surface area contributed by atoms with E-state index >= 15 is 0 Å². The van der Waals surface area contributed by atoms with Gasteiger partial charge in [-0.15, -0.1) is 0 Å². The van der Waals surface area contributed by atoms with E-state index in [4.69, 9.17) is 4.74 Å². The van der Waals surface area contributed by atoms with Crippen LogP contribution in [0.4, 0.5) is 0 Å². The highest BCUT2D eigenvalue weighted by Gasteiger charge is 2.25. The zero-order valence-corrected chi connectivity index (χ0v) is 14.9. The summed E-state index contributed by atoms with van der Waals surface area (Å²) < 4.78 is 32.9. The second kappa shape index (κ2) is 7.79. The second-order valence-electron chi connectivity index (χ2n) is 5.82. The summed E-state index contributed by atoms with van der Waals surface area (Å²) in [4.78, 5) is 0.0729. The summed E-state index contributed by atoms with van der Waals surface area (Å²) in [6.07, 6.45) is -0.465. The standard InChI is InChI=1S/C18H23NO4S/c1-13-9-10-17(23-3)18(11-13)24(21,22)19-14(2)16(20)12-15-7-5-4-6-8-15/h4-11,14,16,19-20H,12H2,1-3H3/t14-,16+/m1/s1. The summed E-state index contributed by atoms with van der Waals surface area (Å²) in [5.41, 5.74) is 1.76. The second-order valence-corrected chi connectivity index (χ2v) is 7.50. The Morgan fingerprint density at radius 1 is 1.17 bits per heavy atom. The predicted molar refractivity (Wildman–Crippen MR) is 93.7 cm³/mol. The smallest absolute Gasteiger partial charge is 0.244 e. The maximum atomic E-state index is 12.6. The lowest BCUT2D eigenvalue weighted by atomic mass is 10.0. The van der Waals surface area contributed by atoms with Gasteiger partial charge in [-0.2, -0.15) is 0 Å². The zero-order valence-electron chi connectivity index (χ0n) is 14.1. The molecule has 130 valence electrons. The molecule has 5 nitrogen and oxygen atoms in total. The van der Waals surface area contributed by atoms with Gasteiger partial charge >= 0.3 is 0 Å². The van der Waals surface area contributed by atoms with Gasteiger partial charge in [-0.3, -0.25) is 0 Å². The van der Waals surface area contributed by atoms with Gasteiger partial charge < -0.3 is 9.84 Å². The van der Waals surface area contributed by atoms with Crippen LogP contribution in [0.25, 0.3) is 0 Å². The van der Waals surface area contributed by atoms with E-state index in [0.717, 1.165) is 11.1 Å². The fraction of sp³-hybridized carbons (Fsp3) is 0.333. The van der Waals surface area contributed by atoms with Crippen molar-refractivity contribution >= 4 is 10.0 Å². The van der Waals surface area contributed by atoms with Crippen LogP contribution in [0.3, 0.4) is 0 Å². The third kappa shape index (κ3) is 4.56. The lowest BCUT2D eigenvalue weighted by Crippen LogP contribution is -2.42. The fourth-order valence-corrected chi connectivity index (χ4v) is 3.94.